The Bertz CT molecular complexity index is 1410. The van der Waals surface area contributed by atoms with Crippen LogP contribution < -0.4 is 4.74 Å². The van der Waals surface area contributed by atoms with Crippen molar-refractivity contribution in [2.24, 2.45) is 0 Å². The van der Waals surface area contributed by atoms with Crippen LogP contribution in [-0.4, -0.2) is 30.3 Å². The Morgan fingerprint density at radius 1 is 1.03 bits per heavy atom. The number of pyridine rings is 1. The second kappa shape index (κ2) is 9.67. The Morgan fingerprint density at radius 2 is 1.83 bits per heavy atom. The molecule has 2 aromatic heterocycles. The Hall–Kier alpha value is -4.44. The van der Waals surface area contributed by atoms with Crippen molar-refractivity contribution in [1.29, 1.82) is 5.26 Å². The number of aliphatic hydroxyl groups is 1. The van der Waals surface area contributed by atoms with Crippen molar-refractivity contribution in [2.75, 3.05) is 0 Å². The maximum atomic E-state index is 15.7. The number of ether oxygens (including phenoxy) is 1. The summed E-state index contributed by atoms with van der Waals surface area (Å²) >= 11 is 0. The zero-order chi connectivity index (χ0) is 25.9. The SMILES string of the molecule is N#Cc1cc(COc2ccc(C(F)(F)C(O)(Cn3ncnn3)c3ccc(F)cc3F)nc2)ccc1F. The fraction of sp³-hybridized carbons (Fsp3) is 0.174. The highest BCUT2D eigenvalue weighted by molar-refractivity contribution is 5.35. The van der Waals surface area contributed by atoms with E-state index in [-0.39, 0.29) is 17.9 Å². The van der Waals surface area contributed by atoms with Crippen LogP contribution in [0.5, 0.6) is 5.75 Å². The lowest BCUT2D eigenvalue weighted by atomic mass is 9.84. The first-order valence-corrected chi connectivity index (χ1v) is 10.2. The number of nitrogens with zero attached hydrogens (tertiary/aromatic N) is 6. The maximum Gasteiger partial charge on any atom is 0.323 e. The van der Waals surface area contributed by atoms with E-state index >= 15 is 8.78 Å². The van der Waals surface area contributed by atoms with Gasteiger partial charge >= 0.3 is 5.92 Å². The topological polar surface area (TPSA) is 110 Å². The number of alkyl halides is 2. The molecule has 1 unspecified atom stereocenters. The van der Waals surface area contributed by atoms with Crippen LogP contribution in [0, 0.1) is 28.8 Å². The number of tetrazole rings is 1. The van der Waals surface area contributed by atoms with Crippen LogP contribution in [0.15, 0.2) is 61.1 Å². The smallest absolute Gasteiger partial charge is 0.323 e. The summed E-state index contributed by atoms with van der Waals surface area (Å²) in [5.74, 6) is -7.31. The van der Waals surface area contributed by atoms with Crippen LogP contribution in [0.3, 0.4) is 0 Å². The minimum atomic E-state index is -4.23. The lowest BCUT2D eigenvalue weighted by molar-refractivity contribution is -0.209. The van der Waals surface area contributed by atoms with Crippen LogP contribution in [0.4, 0.5) is 22.0 Å². The Labute approximate surface area is 200 Å². The molecular weight excluding hydrogens is 487 g/mol. The van der Waals surface area contributed by atoms with Gasteiger partial charge in [-0.25, -0.2) is 13.2 Å². The van der Waals surface area contributed by atoms with Gasteiger partial charge in [0.25, 0.3) is 0 Å². The Balaban J connectivity index is 1.62. The molecule has 0 bridgehead atoms. The van der Waals surface area contributed by atoms with Gasteiger partial charge in [0.15, 0.2) is 11.9 Å². The highest BCUT2D eigenvalue weighted by Gasteiger charge is 2.58. The highest BCUT2D eigenvalue weighted by atomic mass is 19.3. The fourth-order valence-electron chi connectivity index (χ4n) is 3.42. The van der Waals surface area contributed by atoms with E-state index in [2.05, 4.69) is 20.4 Å². The van der Waals surface area contributed by atoms with Crippen molar-refractivity contribution in [3.63, 3.8) is 0 Å². The van der Waals surface area contributed by atoms with E-state index in [4.69, 9.17) is 10.00 Å². The van der Waals surface area contributed by atoms with Gasteiger partial charge < -0.3 is 9.84 Å². The van der Waals surface area contributed by atoms with Gasteiger partial charge in [-0.2, -0.15) is 18.8 Å². The molecular formula is C23H15F5N6O2. The summed E-state index contributed by atoms with van der Waals surface area (Å²) in [4.78, 5) is 4.30. The van der Waals surface area contributed by atoms with Gasteiger partial charge in [0.2, 0.25) is 0 Å². The first kappa shape index (κ1) is 24.7. The molecule has 0 saturated heterocycles. The molecule has 36 heavy (non-hydrogen) atoms. The van der Waals surface area contributed by atoms with E-state index in [1.165, 1.54) is 12.1 Å². The summed E-state index contributed by atoms with van der Waals surface area (Å²) in [7, 11) is 0. The molecule has 2 aromatic carbocycles. The van der Waals surface area contributed by atoms with E-state index in [0.29, 0.717) is 22.5 Å². The summed E-state index contributed by atoms with van der Waals surface area (Å²) < 4.78 is 78.3. The van der Waals surface area contributed by atoms with Crippen molar-refractivity contribution in [1.82, 2.24) is 25.2 Å². The predicted molar refractivity (Wildman–Crippen MR) is 112 cm³/mol. The summed E-state index contributed by atoms with van der Waals surface area (Å²) in [6.45, 7) is -1.15. The third-order valence-electron chi connectivity index (χ3n) is 5.27. The number of rotatable bonds is 8. The maximum absolute atomic E-state index is 15.7. The lowest BCUT2D eigenvalue weighted by Crippen LogP contribution is -2.48. The zero-order valence-corrected chi connectivity index (χ0v) is 18.1. The van der Waals surface area contributed by atoms with Crippen LogP contribution in [0.25, 0.3) is 0 Å². The standard InChI is InChI=1S/C23H15F5N6O2/c24-16-2-4-18(20(26)8-16)22(35,12-34-32-13-31-33-34)23(27,28)21-6-3-17(10-30-21)36-11-14-1-5-19(25)15(7-14)9-29/h1-8,10,13,35H,11-12H2. The van der Waals surface area contributed by atoms with E-state index in [0.717, 1.165) is 36.8 Å². The molecule has 13 heteroatoms. The van der Waals surface area contributed by atoms with Crippen molar-refractivity contribution in [2.45, 2.75) is 24.7 Å². The molecule has 0 radical (unpaired) electrons. The average Bonchev–Trinajstić information content (AvgIpc) is 3.36. The van der Waals surface area contributed by atoms with Gasteiger partial charge in [-0.1, -0.05) is 6.07 Å². The van der Waals surface area contributed by atoms with Crippen molar-refractivity contribution in [3.8, 4) is 11.8 Å². The quantitative estimate of drug-likeness (QED) is 0.367. The molecule has 0 spiro atoms. The molecule has 0 aliphatic rings. The number of nitriles is 1. The van der Waals surface area contributed by atoms with E-state index in [1.807, 2.05) is 0 Å². The third-order valence-corrected chi connectivity index (χ3v) is 5.27. The summed E-state index contributed by atoms with van der Waals surface area (Å²) in [5.41, 5.74) is -4.88. The second-order valence-electron chi connectivity index (χ2n) is 7.62. The van der Waals surface area contributed by atoms with Gasteiger partial charge in [-0.05, 0) is 47.2 Å². The third kappa shape index (κ3) is 4.71. The van der Waals surface area contributed by atoms with Crippen molar-refractivity contribution in [3.05, 3.63) is 101 Å². The van der Waals surface area contributed by atoms with Gasteiger partial charge in [0, 0.05) is 11.6 Å². The van der Waals surface area contributed by atoms with Gasteiger partial charge in [0.05, 0.1) is 11.8 Å². The number of benzene rings is 2. The molecule has 184 valence electrons. The molecule has 1 N–H and O–H groups in total. The number of hydrogen-bond acceptors (Lipinski definition) is 7. The van der Waals surface area contributed by atoms with Gasteiger partial charge in [-0.3, -0.25) is 4.98 Å². The van der Waals surface area contributed by atoms with E-state index < -0.39 is 46.8 Å². The summed E-state index contributed by atoms with van der Waals surface area (Å²) in [6, 6.07) is 9.25. The second-order valence-corrected chi connectivity index (χ2v) is 7.62. The Kier molecular flexibility index (Phi) is 6.63. The van der Waals surface area contributed by atoms with Crippen LogP contribution in [0.1, 0.15) is 22.4 Å². The molecule has 0 fully saturated rings. The molecule has 0 saturated carbocycles. The first-order chi connectivity index (χ1) is 17.1. The van der Waals surface area contributed by atoms with Crippen molar-refractivity contribution >= 4 is 0 Å². The minimum Gasteiger partial charge on any atom is -0.487 e. The summed E-state index contributed by atoms with van der Waals surface area (Å²) in [5, 5.41) is 30.5. The van der Waals surface area contributed by atoms with Gasteiger partial charge in [-0.15, -0.1) is 10.2 Å². The number of hydrogen-bond donors (Lipinski definition) is 1. The van der Waals surface area contributed by atoms with Gasteiger partial charge in [0.1, 0.15) is 48.1 Å². The molecule has 4 aromatic rings. The number of aromatic nitrogens is 5. The zero-order valence-electron chi connectivity index (χ0n) is 18.1. The van der Waals surface area contributed by atoms with E-state index in [1.54, 1.807) is 6.07 Å². The monoisotopic (exact) mass is 502 g/mol. The number of halogens is 5. The van der Waals surface area contributed by atoms with Crippen LogP contribution in [-0.2, 0) is 24.7 Å². The lowest BCUT2D eigenvalue weighted by Gasteiger charge is -2.35. The molecule has 4 rings (SSSR count). The summed E-state index contributed by atoms with van der Waals surface area (Å²) in [6.07, 6.45) is 1.89. The molecule has 1 atom stereocenters. The fourth-order valence-corrected chi connectivity index (χ4v) is 3.42. The van der Waals surface area contributed by atoms with Crippen LogP contribution in [0.2, 0.25) is 0 Å². The molecule has 2 heterocycles. The van der Waals surface area contributed by atoms with Crippen LogP contribution >= 0.6 is 0 Å². The molecule has 0 amide bonds. The normalized spacial score (nSPS) is 13.1. The molecule has 0 aliphatic carbocycles. The van der Waals surface area contributed by atoms with E-state index in [9.17, 15) is 18.3 Å². The average molecular weight is 502 g/mol. The minimum absolute atomic E-state index is 0.0480. The Morgan fingerprint density at radius 3 is 2.47 bits per heavy atom. The molecule has 8 nitrogen and oxygen atoms in total. The highest BCUT2D eigenvalue weighted by Crippen LogP contribution is 2.46. The first-order valence-electron chi connectivity index (χ1n) is 10.2. The molecule has 0 aliphatic heterocycles. The largest absolute Gasteiger partial charge is 0.487 e. The van der Waals surface area contributed by atoms with Crippen molar-refractivity contribution < 1.29 is 31.8 Å². The predicted octanol–water partition coefficient (Wildman–Crippen LogP) is 3.62.